The zero-order valence-electron chi connectivity index (χ0n) is 15.9. The molecule has 3 aliphatic rings. The average molecular weight is 382 g/mol. The van der Waals surface area contributed by atoms with Crippen molar-refractivity contribution in [3.8, 4) is 0 Å². The zero-order chi connectivity index (χ0) is 19.4. The Morgan fingerprint density at radius 3 is 2.19 bits per heavy atom. The maximum atomic E-state index is 12.9. The van der Waals surface area contributed by atoms with E-state index in [1.54, 1.807) is 0 Å². The maximum Gasteiger partial charge on any atom is 0.365 e. The molecule has 0 aromatic heterocycles. The number of ketones is 1. The van der Waals surface area contributed by atoms with Crippen LogP contribution in [0.15, 0.2) is 0 Å². The van der Waals surface area contributed by atoms with E-state index in [0.29, 0.717) is 38.5 Å². The highest BCUT2D eigenvalue weighted by atomic mass is 16.6. The number of hydrogen-bond acceptors (Lipinski definition) is 7. The lowest BCUT2D eigenvalue weighted by Gasteiger charge is -2.46. The quantitative estimate of drug-likeness (QED) is 0.503. The molecule has 3 fully saturated rings. The summed E-state index contributed by atoms with van der Waals surface area (Å²) in [6.07, 6.45) is 2.81. The van der Waals surface area contributed by atoms with Crippen LogP contribution in [-0.2, 0) is 19.1 Å². The van der Waals surface area contributed by atoms with Crippen LogP contribution in [-0.4, -0.2) is 96.3 Å². The van der Waals surface area contributed by atoms with Gasteiger partial charge in [0.25, 0.3) is 0 Å². The molecule has 0 bridgehead atoms. The van der Waals surface area contributed by atoms with Gasteiger partial charge >= 0.3 is 11.7 Å². The third-order valence-electron chi connectivity index (χ3n) is 5.85. The fourth-order valence-corrected chi connectivity index (χ4v) is 4.32. The molecule has 9 heteroatoms. The van der Waals surface area contributed by atoms with Gasteiger partial charge in [-0.25, -0.2) is 4.79 Å². The van der Waals surface area contributed by atoms with Crippen LogP contribution >= 0.6 is 0 Å². The van der Waals surface area contributed by atoms with Gasteiger partial charge in [-0.2, -0.15) is 0 Å². The number of aliphatic carboxylic acids is 1. The number of nitrogens with zero attached hydrogens (tertiary/aromatic N) is 2. The van der Waals surface area contributed by atoms with Crippen molar-refractivity contribution in [2.24, 2.45) is 0 Å². The number of carboxylic acids is 1. The molecule has 0 spiro atoms. The summed E-state index contributed by atoms with van der Waals surface area (Å²) in [5, 5.41) is 16.4. The molecule has 0 aliphatic carbocycles. The highest BCUT2D eigenvalue weighted by Gasteiger charge is 2.55. The Balaban J connectivity index is 1.76. The predicted molar refractivity (Wildman–Crippen MR) is 97.2 cm³/mol. The average Bonchev–Trinajstić information content (AvgIpc) is 2.67. The molecule has 0 saturated carbocycles. The van der Waals surface area contributed by atoms with Crippen LogP contribution in [0.1, 0.15) is 32.6 Å². The number of hydrogen-bond donors (Lipinski definition) is 3. The molecular weight excluding hydrogens is 352 g/mol. The number of carbonyl (C=O) groups is 3. The Morgan fingerprint density at radius 2 is 1.67 bits per heavy atom. The van der Waals surface area contributed by atoms with Gasteiger partial charge in [-0.1, -0.05) is 0 Å². The Morgan fingerprint density at radius 1 is 1.07 bits per heavy atom. The minimum absolute atomic E-state index is 0.128. The Hall–Kier alpha value is -1.55. The molecule has 27 heavy (non-hydrogen) atoms. The van der Waals surface area contributed by atoms with Crippen LogP contribution < -0.4 is 10.6 Å². The third-order valence-corrected chi connectivity index (χ3v) is 5.85. The molecular formula is C18H30N4O5. The van der Waals surface area contributed by atoms with E-state index in [9.17, 15) is 19.5 Å². The summed E-state index contributed by atoms with van der Waals surface area (Å²) in [7, 11) is 0. The van der Waals surface area contributed by atoms with Gasteiger partial charge in [-0.3, -0.25) is 19.4 Å². The van der Waals surface area contributed by atoms with Crippen molar-refractivity contribution in [3.05, 3.63) is 0 Å². The van der Waals surface area contributed by atoms with Crippen molar-refractivity contribution in [3.63, 3.8) is 0 Å². The summed E-state index contributed by atoms with van der Waals surface area (Å²) in [6, 6.07) is 0.319. The van der Waals surface area contributed by atoms with Gasteiger partial charge in [-0.05, 0) is 51.9 Å². The number of nitrogens with one attached hydrogen (secondary N) is 2. The molecule has 3 rings (SSSR count). The number of carboxylic acid groups (broad SMARTS) is 1. The first kappa shape index (κ1) is 20.2. The van der Waals surface area contributed by atoms with E-state index in [1.807, 2.05) is 0 Å². The maximum absolute atomic E-state index is 12.9. The molecule has 3 N–H and O–H groups in total. The Kier molecular flexibility index (Phi) is 6.46. The fourth-order valence-electron chi connectivity index (χ4n) is 4.32. The van der Waals surface area contributed by atoms with Crippen LogP contribution in [0.4, 0.5) is 0 Å². The fraction of sp³-hybridized carbons (Fsp3) is 0.833. The van der Waals surface area contributed by atoms with Gasteiger partial charge in [0.2, 0.25) is 5.91 Å². The molecule has 9 nitrogen and oxygen atoms in total. The summed E-state index contributed by atoms with van der Waals surface area (Å²) >= 11 is 0. The Labute approximate surface area is 159 Å². The zero-order valence-corrected chi connectivity index (χ0v) is 15.9. The molecule has 3 aliphatic heterocycles. The predicted octanol–water partition coefficient (Wildman–Crippen LogP) is -0.979. The number of ether oxygens (including phenoxy) is 1. The first-order valence-electron chi connectivity index (χ1n) is 9.83. The minimum atomic E-state index is -2.22. The number of rotatable bonds is 6. The topological polar surface area (TPSA) is 111 Å². The first-order chi connectivity index (χ1) is 12.9. The third kappa shape index (κ3) is 4.16. The van der Waals surface area contributed by atoms with Crippen LogP contribution in [0, 0.1) is 0 Å². The summed E-state index contributed by atoms with van der Waals surface area (Å²) in [5.74, 6) is -2.42. The van der Waals surface area contributed by atoms with E-state index >= 15 is 0 Å². The SMILES string of the molecule is CC(=O)C(OC1CCNCC1)(C(=O)O)N1CCN(C2CCNCC2)CC1=O. The lowest BCUT2D eigenvalue weighted by atomic mass is 10.0. The Bertz CT molecular complexity index is 558. The summed E-state index contributed by atoms with van der Waals surface area (Å²) in [6.45, 7) is 5.30. The highest BCUT2D eigenvalue weighted by Crippen LogP contribution is 2.28. The second-order valence-corrected chi connectivity index (χ2v) is 7.57. The molecule has 3 saturated heterocycles. The van der Waals surface area contributed by atoms with Crippen LogP contribution in [0.5, 0.6) is 0 Å². The van der Waals surface area contributed by atoms with Gasteiger partial charge in [0.05, 0.1) is 12.6 Å². The second kappa shape index (κ2) is 8.64. The highest BCUT2D eigenvalue weighted by molar-refractivity contribution is 6.08. The molecule has 0 aromatic rings. The van der Waals surface area contributed by atoms with Crippen molar-refractivity contribution in [2.75, 3.05) is 45.8 Å². The van der Waals surface area contributed by atoms with Crippen LogP contribution in [0.25, 0.3) is 0 Å². The molecule has 1 amide bonds. The van der Waals surface area contributed by atoms with Gasteiger partial charge < -0.3 is 20.5 Å². The van der Waals surface area contributed by atoms with Crippen LogP contribution in [0.3, 0.4) is 0 Å². The molecule has 0 radical (unpaired) electrons. The number of piperidine rings is 2. The van der Waals surface area contributed by atoms with Crippen molar-refractivity contribution < 1.29 is 24.2 Å². The molecule has 1 atom stereocenters. The summed E-state index contributed by atoms with van der Waals surface area (Å²) in [4.78, 5) is 40.8. The van der Waals surface area contributed by atoms with Gasteiger partial charge in [-0.15, -0.1) is 0 Å². The minimum Gasteiger partial charge on any atom is -0.477 e. The van der Waals surface area contributed by atoms with E-state index in [4.69, 9.17) is 4.74 Å². The summed E-state index contributed by atoms with van der Waals surface area (Å²) in [5.41, 5.74) is -2.22. The van der Waals surface area contributed by atoms with E-state index in [0.717, 1.165) is 30.8 Å². The lowest BCUT2D eigenvalue weighted by molar-refractivity contribution is -0.217. The largest absolute Gasteiger partial charge is 0.477 e. The van der Waals surface area contributed by atoms with E-state index in [2.05, 4.69) is 15.5 Å². The number of amides is 1. The van der Waals surface area contributed by atoms with Gasteiger partial charge in [0.1, 0.15) is 0 Å². The van der Waals surface area contributed by atoms with Crippen molar-refractivity contribution in [1.29, 1.82) is 0 Å². The standard InChI is InChI=1S/C18H30N4O5/c1-13(23)18(17(25)26,27-15-4-8-20-9-5-15)22-11-10-21(12-16(22)24)14-2-6-19-7-3-14/h14-15,19-20H,2-12H2,1H3,(H,25,26). The lowest BCUT2D eigenvalue weighted by Crippen LogP contribution is -2.69. The smallest absolute Gasteiger partial charge is 0.365 e. The van der Waals surface area contributed by atoms with Gasteiger partial charge in [0, 0.05) is 26.1 Å². The molecule has 0 aromatic carbocycles. The molecule has 152 valence electrons. The van der Waals surface area contributed by atoms with E-state index in [-0.39, 0.29) is 25.1 Å². The van der Waals surface area contributed by atoms with E-state index < -0.39 is 17.5 Å². The number of Topliss-reactive ketones (excluding diaryl/α,β-unsaturated/α-hetero) is 1. The second-order valence-electron chi connectivity index (χ2n) is 7.57. The van der Waals surface area contributed by atoms with Crippen molar-refractivity contribution in [2.45, 2.75) is 50.5 Å². The molecule has 1 unspecified atom stereocenters. The number of piperazine rings is 1. The van der Waals surface area contributed by atoms with Crippen LogP contribution in [0.2, 0.25) is 0 Å². The monoisotopic (exact) mass is 382 g/mol. The summed E-state index contributed by atoms with van der Waals surface area (Å²) < 4.78 is 5.88. The first-order valence-corrected chi connectivity index (χ1v) is 9.83. The van der Waals surface area contributed by atoms with Gasteiger partial charge in [0.15, 0.2) is 5.78 Å². The number of carbonyl (C=O) groups excluding carboxylic acids is 2. The van der Waals surface area contributed by atoms with Crippen molar-refractivity contribution >= 4 is 17.7 Å². The molecule has 3 heterocycles. The van der Waals surface area contributed by atoms with E-state index in [1.165, 1.54) is 6.92 Å². The normalized spacial score (nSPS) is 26.0. The van der Waals surface area contributed by atoms with Crippen molar-refractivity contribution in [1.82, 2.24) is 20.4 Å².